The Morgan fingerprint density at radius 1 is 1.17 bits per heavy atom. The number of likely N-dealkylation sites (N-methyl/N-ethyl adjacent to an activating group) is 1. The minimum absolute atomic E-state index is 0.0764. The predicted molar refractivity (Wildman–Crippen MR) is 97.2 cm³/mol. The van der Waals surface area contributed by atoms with Crippen molar-refractivity contribution in [1.82, 2.24) is 4.90 Å². The van der Waals surface area contributed by atoms with Crippen molar-refractivity contribution in [2.24, 2.45) is 0 Å². The summed E-state index contributed by atoms with van der Waals surface area (Å²) in [5.74, 6) is 1.99. The van der Waals surface area contributed by atoms with Gasteiger partial charge in [0.2, 0.25) is 0 Å². The zero-order valence-corrected chi connectivity index (χ0v) is 15.9. The lowest BCUT2D eigenvalue weighted by atomic mass is 9.65. The number of benzene rings is 1. The lowest BCUT2D eigenvalue weighted by Gasteiger charge is -2.41. The molecule has 3 rings (SSSR count). The van der Waals surface area contributed by atoms with Gasteiger partial charge in [0, 0.05) is 24.3 Å². The highest BCUT2D eigenvalue weighted by Crippen LogP contribution is 2.49. The van der Waals surface area contributed by atoms with Crippen LogP contribution in [0.1, 0.15) is 50.7 Å². The first-order valence-corrected chi connectivity index (χ1v) is 8.97. The first kappa shape index (κ1) is 18.8. The van der Waals surface area contributed by atoms with Crippen molar-refractivity contribution in [3.05, 3.63) is 23.3 Å². The second kappa shape index (κ2) is 7.56. The Labute approximate surface area is 146 Å². The minimum atomic E-state index is 0.0764. The van der Waals surface area contributed by atoms with Gasteiger partial charge in [0.25, 0.3) is 0 Å². The molecule has 1 heterocycles. The molecule has 4 heteroatoms. The maximum atomic E-state index is 11.9. The number of likely N-dealkylation sites (tertiary alicyclic amines) is 1. The van der Waals surface area contributed by atoms with Crippen LogP contribution in [0.2, 0.25) is 0 Å². The number of hydrogen-bond acceptors (Lipinski definition) is 4. The fourth-order valence-electron chi connectivity index (χ4n) is 4.37. The summed E-state index contributed by atoms with van der Waals surface area (Å²) in [5, 5.41) is 0. The Hall–Kier alpha value is -1.55. The summed E-state index contributed by atoms with van der Waals surface area (Å²) in [4.78, 5) is 14.3. The molecule has 0 radical (unpaired) electrons. The van der Waals surface area contributed by atoms with Crippen LogP contribution in [0, 0.1) is 6.92 Å². The molecule has 1 saturated heterocycles. The fourth-order valence-corrected chi connectivity index (χ4v) is 4.37. The Bertz CT molecular complexity index is 599. The molecule has 134 valence electrons. The summed E-state index contributed by atoms with van der Waals surface area (Å²) >= 11 is 0. The molecule has 2 atom stereocenters. The van der Waals surface area contributed by atoms with E-state index in [1.165, 1.54) is 5.56 Å². The van der Waals surface area contributed by atoms with Crippen LogP contribution in [0.15, 0.2) is 12.1 Å². The standard InChI is InChI=1S/C18H25NO3.C2H6/c1-12-9-13(10-15(21-3)17(12)22-4)18-6-5-14(20)11-16(18)19(2)8-7-18;1-2/h9-10,16H,5-8,11H2,1-4H3;1-2H3. The van der Waals surface area contributed by atoms with E-state index in [2.05, 4.69) is 31.0 Å². The summed E-state index contributed by atoms with van der Waals surface area (Å²) in [6.07, 6.45) is 3.41. The van der Waals surface area contributed by atoms with Gasteiger partial charge in [-0.25, -0.2) is 0 Å². The molecule has 24 heavy (non-hydrogen) atoms. The fraction of sp³-hybridized carbons (Fsp3) is 0.650. The Kier molecular flexibility index (Phi) is 5.92. The number of hydrogen-bond donors (Lipinski definition) is 0. The second-order valence-electron chi connectivity index (χ2n) is 6.67. The van der Waals surface area contributed by atoms with Crippen LogP contribution in [0.5, 0.6) is 11.5 Å². The zero-order valence-electron chi connectivity index (χ0n) is 15.9. The monoisotopic (exact) mass is 333 g/mol. The predicted octanol–water partition coefficient (Wildman–Crippen LogP) is 3.73. The summed E-state index contributed by atoms with van der Waals surface area (Å²) < 4.78 is 11.0. The van der Waals surface area contributed by atoms with E-state index in [9.17, 15) is 4.79 Å². The number of ketones is 1. The third-order valence-corrected chi connectivity index (χ3v) is 5.59. The average molecular weight is 333 g/mol. The van der Waals surface area contributed by atoms with Crippen LogP contribution in [0.3, 0.4) is 0 Å². The van der Waals surface area contributed by atoms with Gasteiger partial charge in [-0.3, -0.25) is 4.79 Å². The van der Waals surface area contributed by atoms with Gasteiger partial charge in [0.15, 0.2) is 11.5 Å². The van der Waals surface area contributed by atoms with Crippen molar-refractivity contribution in [2.45, 2.75) is 57.9 Å². The maximum absolute atomic E-state index is 11.9. The number of aryl methyl sites for hydroxylation is 1. The SMILES string of the molecule is CC.COc1cc(C23CCC(=O)CC2N(C)CC3)cc(C)c1OC. The van der Waals surface area contributed by atoms with Crippen molar-refractivity contribution < 1.29 is 14.3 Å². The molecule has 0 amide bonds. The lowest BCUT2D eigenvalue weighted by molar-refractivity contribution is -0.122. The average Bonchev–Trinajstić information content (AvgIpc) is 2.93. The largest absolute Gasteiger partial charge is 0.493 e. The normalized spacial score (nSPS) is 26.4. The summed E-state index contributed by atoms with van der Waals surface area (Å²) in [7, 11) is 5.49. The molecule has 2 unspecified atom stereocenters. The van der Waals surface area contributed by atoms with Gasteiger partial charge in [-0.15, -0.1) is 0 Å². The smallest absolute Gasteiger partial charge is 0.163 e. The Balaban J connectivity index is 0.00000100. The number of carbonyl (C=O) groups is 1. The molecule has 1 aliphatic heterocycles. The van der Waals surface area contributed by atoms with Crippen LogP contribution in [-0.4, -0.2) is 44.5 Å². The van der Waals surface area contributed by atoms with Crippen molar-refractivity contribution >= 4 is 5.78 Å². The van der Waals surface area contributed by atoms with E-state index in [4.69, 9.17) is 9.47 Å². The van der Waals surface area contributed by atoms with Gasteiger partial charge in [-0.2, -0.15) is 0 Å². The van der Waals surface area contributed by atoms with E-state index in [1.54, 1.807) is 14.2 Å². The number of rotatable bonds is 3. The molecule has 0 N–H and O–H groups in total. The molecule has 1 aromatic carbocycles. The van der Waals surface area contributed by atoms with Gasteiger partial charge in [-0.05, 0) is 50.6 Å². The van der Waals surface area contributed by atoms with Crippen LogP contribution >= 0.6 is 0 Å². The van der Waals surface area contributed by atoms with Crippen molar-refractivity contribution in [1.29, 1.82) is 0 Å². The molecule has 2 aliphatic rings. The molecule has 0 bridgehead atoms. The van der Waals surface area contributed by atoms with Crippen LogP contribution in [0.25, 0.3) is 0 Å². The summed E-state index contributed by atoms with van der Waals surface area (Å²) in [6, 6.07) is 4.66. The number of methoxy groups -OCH3 is 2. The topological polar surface area (TPSA) is 38.8 Å². The van der Waals surface area contributed by atoms with E-state index in [1.807, 2.05) is 13.8 Å². The second-order valence-corrected chi connectivity index (χ2v) is 6.67. The molecule has 0 spiro atoms. The van der Waals surface area contributed by atoms with Gasteiger partial charge >= 0.3 is 0 Å². The lowest BCUT2D eigenvalue weighted by Crippen LogP contribution is -2.46. The van der Waals surface area contributed by atoms with Crippen molar-refractivity contribution in [3.63, 3.8) is 0 Å². The highest BCUT2D eigenvalue weighted by Gasteiger charge is 2.50. The highest BCUT2D eigenvalue weighted by atomic mass is 16.5. The van der Waals surface area contributed by atoms with E-state index in [0.717, 1.165) is 36.4 Å². The molecule has 4 nitrogen and oxygen atoms in total. The quantitative estimate of drug-likeness (QED) is 0.845. The molecule has 2 fully saturated rings. The van der Waals surface area contributed by atoms with Gasteiger partial charge in [0.05, 0.1) is 14.2 Å². The van der Waals surface area contributed by atoms with Crippen LogP contribution < -0.4 is 9.47 Å². The van der Waals surface area contributed by atoms with Gasteiger partial charge in [-0.1, -0.05) is 19.9 Å². The zero-order chi connectivity index (χ0) is 17.9. The van der Waals surface area contributed by atoms with Crippen LogP contribution in [-0.2, 0) is 10.2 Å². The van der Waals surface area contributed by atoms with Gasteiger partial charge in [0.1, 0.15) is 5.78 Å². The Morgan fingerprint density at radius 2 is 1.88 bits per heavy atom. The molecule has 0 aromatic heterocycles. The van der Waals surface area contributed by atoms with E-state index >= 15 is 0 Å². The van der Waals surface area contributed by atoms with E-state index in [0.29, 0.717) is 24.7 Å². The minimum Gasteiger partial charge on any atom is -0.493 e. The molecule has 1 saturated carbocycles. The van der Waals surface area contributed by atoms with Crippen LogP contribution in [0.4, 0.5) is 0 Å². The third-order valence-electron chi connectivity index (χ3n) is 5.59. The maximum Gasteiger partial charge on any atom is 0.163 e. The first-order chi connectivity index (χ1) is 11.5. The van der Waals surface area contributed by atoms with Crippen molar-refractivity contribution in [3.8, 4) is 11.5 Å². The number of ether oxygens (including phenoxy) is 2. The van der Waals surface area contributed by atoms with E-state index in [-0.39, 0.29) is 5.41 Å². The van der Waals surface area contributed by atoms with Gasteiger partial charge < -0.3 is 14.4 Å². The summed E-state index contributed by atoms with van der Waals surface area (Å²) in [5.41, 5.74) is 2.47. The van der Waals surface area contributed by atoms with E-state index < -0.39 is 0 Å². The Morgan fingerprint density at radius 3 is 2.50 bits per heavy atom. The van der Waals surface area contributed by atoms with Crippen molar-refractivity contribution in [2.75, 3.05) is 27.8 Å². The number of fused-ring (bicyclic) bond motifs is 1. The highest BCUT2D eigenvalue weighted by molar-refractivity contribution is 5.81. The number of carbonyl (C=O) groups excluding carboxylic acids is 1. The molecular weight excluding hydrogens is 302 g/mol. The third kappa shape index (κ3) is 3.04. The number of Topliss-reactive ketones (excluding diaryl/α,β-unsaturated/α-hetero) is 1. The molecule has 1 aliphatic carbocycles. The number of nitrogens with zero attached hydrogens (tertiary/aromatic N) is 1. The first-order valence-electron chi connectivity index (χ1n) is 8.97. The molecule has 1 aromatic rings. The molecular formula is C20H31NO3. The summed E-state index contributed by atoms with van der Waals surface area (Å²) in [6.45, 7) is 7.11.